The first-order chi connectivity index (χ1) is 15.9. The average molecular weight is 449 g/mol. The Morgan fingerprint density at radius 2 is 2.09 bits per heavy atom. The van der Waals surface area contributed by atoms with Crippen LogP contribution < -0.4 is 16.2 Å². The first-order valence-electron chi connectivity index (χ1n) is 11.1. The van der Waals surface area contributed by atoms with Crippen LogP contribution in [-0.2, 0) is 4.79 Å². The highest BCUT2D eigenvalue weighted by atomic mass is 16.5. The van der Waals surface area contributed by atoms with Gasteiger partial charge in [-0.15, -0.1) is 0 Å². The van der Waals surface area contributed by atoms with Gasteiger partial charge in [-0.25, -0.2) is 4.79 Å². The molecular formula is C25H28N4O4. The van der Waals surface area contributed by atoms with Crippen molar-refractivity contribution in [2.75, 3.05) is 26.2 Å². The molecule has 1 atom stereocenters. The molecule has 1 aliphatic heterocycles. The van der Waals surface area contributed by atoms with Gasteiger partial charge in [-0.1, -0.05) is 12.1 Å². The number of aromatic nitrogens is 2. The number of aromatic hydroxyl groups is 1. The van der Waals surface area contributed by atoms with Gasteiger partial charge in [0.05, 0.1) is 11.4 Å². The lowest BCUT2D eigenvalue weighted by Gasteiger charge is -2.32. The van der Waals surface area contributed by atoms with Crippen LogP contribution in [0.1, 0.15) is 18.4 Å². The summed E-state index contributed by atoms with van der Waals surface area (Å²) in [6, 6.07) is 14.1. The summed E-state index contributed by atoms with van der Waals surface area (Å²) in [5, 5.41) is 9.77. The topological polar surface area (TPSA) is 122 Å². The van der Waals surface area contributed by atoms with Gasteiger partial charge in [0.15, 0.2) is 6.61 Å². The van der Waals surface area contributed by atoms with Gasteiger partial charge in [-0.2, -0.15) is 4.98 Å². The Morgan fingerprint density at radius 3 is 2.88 bits per heavy atom. The lowest BCUT2D eigenvalue weighted by molar-refractivity contribution is -0.135. The molecule has 0 aliphatic carbocycles. The standard InChI is InChI=1S/C25H28N4O4/c1-16-10-19(7-8-23(16)30)22-12-21(27-25(32)28-22)18-5-2-6-20(11-18)33-15-24(31)29-9-3-4-17(13-26)14-29/h2,5-8,10-12,17,30H,3-4,9,13-15,26H2,1H3,(H,27,28,32). The molecule has 1 aromatic heterocycles. The minimum atomic E-state index is -0.478. The molecule has 8 heteroatoms. The number of rotatable bonds is 6. The maximum atomic E-state index is 12.6. The van der Waals surface area contributed by atoms with Gasteiger partial charge in [0.25, 0.3) is 5.91 Å². The van der Waals surface area contributed by atoms with E-state index in [1.807, 2.05) is 17.0 Å². The number of phenols is 1. The van der Waals surface area contributed by atoms with Crippen LogP contribution >= 0.6 is 0 Å². The van der Waals surface area contributed by atoms with Gasteiger partial charge in [0, 0.05) is 24.2 Å². The number of nitrogens with zero attached hydrogens (tertiary/aromatic N) is 2. The lowest BCUT2D eigenvalue weighted by Crippen LogP contribution is -2.44. The van der Waals surface area contributed by atoms with Crippen LogP contribution in [-0.4, -0.2) is 52.1 Å². The fourth-order valence-electron chi connectivity index (χ4n) is 4.05. The van der Waals surface area contributed by atoms with Gasteiger partial charge in [-0.3, -0.25) is 4.79 Å². The number of H-pyrrole nitrogens is 1. The minimum Gasteiger partial charge on any atom is -0.508 e. The highest BCUT2D eigenvalue weighted by molar-refractivity contribution is 5.78. The number of phenolic OH excluding ortho intramolecular Hbond substituents is 1. The highest BCUT2D eigenvalue weighted by Crippen LogP contribution is 2.27. The molecule has 0 saturated carbocycles. The van der Waals surface area contributed by atoms with E-state index in [1.165, 1.54) is 0 Å². The first kappa shape index (κ1) is 22.5. The number of carbonyl (C=O) groups excluding carboxylic acids is 1. The molecule has 1 aliphatic rings. The van der Waals surface area contributed by atoms with E-state index in [0.717, 1.165) is 30.5 Å². The SMILES string of the molecule is Cc1cc(-c2cc(-c3cccc(OCC(=O)N4CCCC(CN)C4)c3)[nH]c(=O)n2)ccc1O. The van der Waals surface area contributed by atoms with Gasteiger partial charge in [-0.05, 0) is 74.2 Å². The number of piperidine rings is 1. The van der Waals surface area contributed by atoms with Crippen molar-refractivity contribution in [1.82, 2.24) is 14.9 Å². The Morgan fingerprint density at radius 1 is 1.24 bits per heavy atom. The van der Waals surface area contributed by atoms with E-state index in [-0.39, 0.29) is 18.3 Å². The fraction of sp³-hybridized carbons (Fsp3) is 0.320. The molecular weight excluding hydrogens is 420 g/mol. The number of carbonyl (C=O) groups is 1. The van der Waals surface area contributed by atoms with Crippen molar-refractivity contribution in [1.29, 1.82) is 0 Å². The summed E-state index contributed by atoms with van der Waals surface area (Å²) in [5.74, 6) is 1.02. The molecule has 4 N–H and O–H groups in total. The number of hydrogen-bond donors (Lipinski definition) is 3. The molecule has 8 nitrogen and oxygen atoms in total. The van der Waals surface area contributed by atoms with Crippen LogP contribution in [0.5, 0.6) is 11.5 Å². The first-order valence-corrected chi connectivity index (χ1v) is 11.1. The molecule has 2 heterocycles. The number of nitrogens with two attached hydrogens (primary N) is 1. The zero-order valence-electron chi connectivity index (χ0n) is 18.6. The predicted octanol–water partition coefficient (Wildman–Crippen LogP) is 2.69. The Hall–Kier alpha value is -3.65. The fourth-order valence-corrected chi connectivity index (χ4v) is 4.05. The van der Waals surface area contributed by atoms with Crippen molar-refractivity contribution >= 4 is 5.91 Å². The normalized spacial score (nSPS) is 15.9. The smallest absolute Gasteiger partial charge is 0.345 e. The maximum absolute atomic E-state index is 12.6. The van der Waals surface area contributed by atoms with Crippen LogP contribution in [0.3, 0.4) is 0 Å². The number of aryl methyl sites for hydroxylation is 1. The maximum Gasteiger partial charge on any atom is 0.345 e. The van der Waals surface area contributed by atoms with Gasteiger partial charge in [0.1, 0.15) is 11.5 Å². The molecule has 0 bridgehead atoms. The van der Waals surface area contributed by atoms with Crippen LogP contribution in [0.2, 0.25) is 0 Å². The Labute approximate surface area is 192 Å². The molecule has 3 aromatic rings. The van der Waals surface area contributed by atoms with Crippen LogP contribution in [0.4, 0.5) is 0 Å². The third-order valence-corrected chi connectivity index (χ3v) is 5.95. The molecule has 1 unspecified atom stereocenters. The zero-order chi connectivity index (χ0) is 23.4. The Bertz CT molecular complexity index is 1210. The van der Waals surface area contributed by atoms with Crippen molar-refractivity contribution in [3.63, 3.8) is 0 Å². The monoisotopic (exact) mass is 448 g/mol. The quantitative estimate of drug-likeness (QED) is 0.533. The van der Waals surface area contributed by atoms with E-state index >= 15 is 0 Å². The van der Waals surface area contributed by atoms with Crippen LogP contribution in [0, 0.1) is 12.8 Å². The zero-order valence-corrected chi connectivity index (χ0v) is 18.6. The third kappa shape index (κ3) is 5.40. The molecule has 172 valence electrons. The van der Waals surface area contributed by atoms with Crippen molar-refractivity contribution < 1.29 is 14.6 Å². The average Bonchev–Trinajstić information content (AvgIpc) is 2.84. The summed E-state index contributed by atoms with van der Waals surface area (Å²) in [6.45, 7) is 3.73. The molecule has 2 aromatic carbocycles. The number of ether oxygens (including phenoxy) is 1. The van der Waals surface area contributed by atoms with E-state index in [1.54, 1.807) is 43.3 Å². The van der Waals surface area contributed by atoms with E-state index in [0.29, 0.717) is 41.7 Å². The van der Waals surface area contributed by atoms with Gasteiger partial charge < -0.3 is 25.5 Å². The second kappa shape index (κ2) is 9.87. The number of hydrogen-bond acceptors (Lipinski definition) is 6. The van der Waals surface area contributed by atoms with Gasteiger partial charge in [0.2, 0.25) is 0 Å². The van der Waals surface area contributed by atoms with E-state index in [9.17, 15) is 14.7 Å². The number of likely N-dealkylation sites (tertiary alicyclic amines) is 1. The lowest BCUT2D eigenvalue weighted by atomic mass is 9.98. The van der Waals surface area contributed by atoms with Crippen LogP contribution in [0.15, 0.2) is 53.3 Å². The summed E-state index contributed by atoms with van der Waals surface area (Å²) in [5.41, 5.74) is 8.52. The summed E-state index contributed by atoms with van der Waals surface area (Å²) in [6.07, 6.45) is 2.01. The van der Waals surface area contributed by atoms with Crippen molar-refractivity contribution in [3.8, 4) is 34.0 Å². The Balaban J connectivity index is 1.50. The van der Waals surface area contributed by atoms with Gasteiger partial charge >= 0.3 is 5.69 Å². The second-order valence-electron chi connectivity index (χ2n) is 8.39. The number of amides is 1. The molecule has 1 amide bonds. The second-order valence-corrected chi connectivity index (χ2v) is 8.39. The molecule has 1 fully saturated rings. The third-order valence-electron chi connectivity index (χ3n) is 5.95. The van der Waals surface area contributed by atoms with E-state index in [4.69, 9.17) is 10.5 Å². The summed E-state index contributed by atoms with van der Waals surface area (Å²) in [7, 11) is 0. The number of nitrogens with one attached hydrogen (secondary N) is 1. The molecule has 0 radical (unpaired) electrons. The molecule has 33 heavy (non-hydrogen) atoms. The minimum absolute atomic E-state index is 0.0500. The summed E-state index contributed by atoms with van der Waals surface area (Å²) >= 11 is 0. The molecule has 1 saturated heterocycles. The predicted molar refractivity (Wildman–Crippen MR) is 126 cm³/mol. The van der Waals surface area contributed by atoms with Crippen molar-refractivity contribution in [3.05, 3.63) is 64.6 Å². The summed E-state index contributed by atoms with van der Waals surface area (Å²) in [4.78, 5) is 33.4. The molecule has 0 spiro atoms. The highest BCUT2D eigenvalue weighted by Gasteiger charge is 2.23. The molecule has 4 rings (SSSR count). The van der Waals surface area contributed by atoms with Crippen LogP contribution in [0.25, 0.3) is 22.5 Å². The summed E-state index contributed by atoms with van der Waals surface area (Å²) < 4.78 is 5.77. The van der Waals surface area contributed by atoms with Crippen molar-refractivity contribution in [2.24, 2.45) is 11.7 Å². The Kier molecular flexibility index (Phi) is 6.74. The van der Waals surface area contributed by atoms with E-state index in [2.05, 4.69) is 9.97 Å². The largest absolute Gasteiger partial charge is 0.508 e. The number of benzene rings is 2. The van der Waals surface area contributed by atoms with Crippen molar-refractivity contribution in [2.45, 2.75) is 19.8 Å². The van der Waals surface area contributed by atoms with E-state index < -0.39 is 5.69 Å². The number of aromatic amines is 1.